The summed E-state index contributed by atoms with van der Waals surface area (Å²) >= 11 is 0. The van der Waals surface area contributed by atoms with Crippen LogP contribution in [0.3, 0.4) is 0 Å². The van der Waals surface area contributed by atoms with Crippen LogP contribution in [0.15, 0.2) is 48.5 Å². The average Bonchev–Trinajstić information content (AvgIpc) is 2.67. The summed E-state index contributed by atoms with van der Waals surface area (Å²) in [6.45, 7) is 3.78. The number of benzene rings is 2. The van der Waals surface area contributed by atoms with E-state index in [9.17, 15) is 14.4 Å². The lowest BCUT2D eigenvalue weighted by Crippen LogP contribution is -2.21. The fraction of sp³-hybridized carbons (Fsp3) is 0.250. The number of hydrogen-bond acceptors (Lipinski definition) is 6. The molecule has 142 valence electrons. The van der Waals surface area contributed by atoms with E-state index in [-0.39, 0.29) is 12.2 Å². The normalized spacial score (nSPS) is 10.0. The Morgan fingerprint density at radius 1 is 0.852 bits per heavy atom. The molecule has 0 fully saturated rings. The van der Waals surface area contributed by atoms with Gasteiger partial charge in [0.15, 0.2) is 6.61 Å². The lowest BCUT2D eigenvalue weighted by atomic mass is 10.2. The number of ether oxygens (including phenoxy) is 3. The Balaban J connectivity index is 1.89. The SMILES string of the molecule is CCOC(=O)c1ccc(NC(=O)COC(=O)c2ccccc2OCC)cc1. The number of para-hydroxylation sites is 1. The number of carbonyl (C=O) groups is 3. The molecule has 7 nitrogen and oxygen atoms in total. The summed E-state index contributed by atoms with van der Waals surface area (Å²) in [5.74, 6) is -1.18. The first kappa shape index (κ1) is 20.0. The molecule has 27 heavy (non-hydrogen) atoms. The number of carbonyl (C=O) groups excluding carboxylic acids is 3. The van der Waals surface area contributed by atoms with Gasteiger partial charge < -0.3 is 19.5 Å². The molecule has 1 N–H and O–H groups in total. The van der Waals surface area contributed by atoms with Gasteiger partial charge in [-0.2, -0.15) is 0 Å². The van der Waals surface area contributed by atoms with E-state index >= 15 is 0 Å². The fourth-order valence-corrected chi connectivity index (χ4v) is 2.23. The Morgan fingerprint density at radius 3 is 2.22 bits per heavy atom. The van der Waals surface area contributed by atoms with Crippen molar-refractivity contribution >= 4 is 23.5 Å². The highest BCUT2D eigenvalue weighted by Crippen LogP contribution is 2.19. The molecule has 0 saturated heterocycles. The van der Waals surface area contributed by atoms with Gasteiger partial charge in [0.25, 0.3) is 5.91 Å². The molecule has 2 rings (SSSR count). The summed E-state index contributed by atoms with van der Waals surface area (Å²) < 4.78 is 15.3. The minimum atomic E-state index is -0.646. The fourth-order valence-electron chi connectivity index (χ4n) is 2.23. The van der Waals surface area contributed by atoms with Crippen LogP contribution in [-0.4, -0.2) is 37.7 Å². The van der Waals surface area contributed by atoms with Crippen molar-refractivity contribution in [1.29, 1.82) is 0 Å². The third-order valence-corrected chi connectivity index (χ3v) is 3.42. The second-order valence-electron chi connectivity index (χ2n) is 5.35. The zero-order valence-electron chi connectivity index (χ0n) is 15.2. The van der Waals surface area contributed by atoms with E-state index in [0.29, 0.717) is 23.6 Å². The number of nitrogens with one attached hydrogen (secondary N) is 1. The van der Waals surface area contributed by atoms with Gasteiger partial charge in [-0.3, -0.25) is 4.79 Å². The molecule has 0 bridgehead atoms. The summed E-state index contributed by atoms with van der Waals surface area (Å²) in [6.07, 6.45) is 0. The minimum absolute atomic E-state index is 0.255. The topological polar surface area (TPSA) is 90.9 Å². The van der Waals surface area contributed by atoms with Crippen LogP contribution in [0.2, 0.25) is 0 Å². The van der Waals surface area contributed by atoms with Crippen LogP contribution >= 0.6 is 0 Å². The lowest BCUT2D eigenvalue weighted by Gasteiger charge is -2.10. The predicted molar refractivity (Wildman–Crippen MR) is 98.9 cm³/mol. The zero-order valence-corrected chi connectivity index (χ0v) is 15.2. The summed E-state index contributed by atoms with van der Waals surface area (Å²) in [4.78, 5) is 35.7. The molecule has 0 aliphatic carbocycles. The first-order valence-electron chi connectivity index (χ1n) is 8.51. The monoisotopic (exact) mass is 371 g/mol. The molecule has 0 atom stereocenters. The Labute approximate surface area is 157 Å². The van der Waals surface area contributed by atoms with E-state index in [0.717, 1.165) is 0 Å². The summed E-state index contributed by atoms with van der Waals surface area (Å²) in [5, 5.41) is 2.59. The van der Waals surface area contributed by atoms with Gasteiger partial charge in [0, 0.05) is 5.69 Å². The highest BCUT2D eigenvalue weighted by Gasteiger charge is 2.15. The third-order valence-electron chi connectivity index (χ3n) is 3.42. The Kier molecular flexibility index (Phi) is 7.37. The van der Waals surface area contributed by atoms with Crippen molar-refractivity contribution < 1.29 is 28.6 Å². The van der Waals surface area contributed by atoms with Gasteiger partial charge in [-0.1, -0.05) is 12.1 Å². The molecular weight excluding hydrogens is 350 g/mol. The first-order chi connectivity index (χ1) is 13.0. The lowest BCUT2D eigenvalue weighted by molar-refractivity contribution is -0.119. The third kappa shape index (κ3) is 5.85. The highest BCUT2D eigenvalue weighted by atomic mass is 16.5. The van der Waals surface area contributed by atoms with Gasteiger partial charge in [-0.25, -0.2) is 9.59 Å². The van der Waals surface area contributed by atoms with Crippen LogP contribution in [0, 0.1) is 0 Å². The van der Waals surface area contributed by atoms with E-state index in [1.807, 2.05) is 6.92 Å². The van der Waals surface area contributed by atoms with E-state index in [1.165, 1.54) is 12.1 Å². The van der Waals surface area contributed by atoms with Crippen molar-refractivity contribution in [1.82, 2.24) is 0 Å². The van der Waals surface area contributed by atoms with Gasteiger partial charge in [-0.05, 0) is 50.2 Å². The smallest absolute Gasteiger partial charge is 0.342 e. The zero-order chi connectivity index (χ0) is 19.6. The van der Waals surface area contributed by atoms with Gasteiger partial charge in [0.05, 0.1) is 18.8 Å². The average molecular weight is 371 g/mol. The highest BCUT2D eigenvalue weighted by molar-refractivity contribution is 5.97. The van der Waals surface area contributed by atoms with Crippen LogP contribution in [-0.2, 0) is 14.3 Å². The Hall–Kier alpha value is -3.35. The molecule has 2 aromatic rings. The molecule has 1 amide bonds. The van der Waals surface area contributed by atoms with Crippen molar-refractivity contribution in [3.63, 3.8) is 0 Å². The van der Waals surface area contributed by atoms with Crippen molar-refractivity contribution in [2.75, 3.05) is 25.1 Å². The molecule has 0 aromatic heterocycles. The van der Waals surface area contributed by atoms with E-state index in [2.05, 4.69) is 5.32 Å². The number of hydrogen-bond donors (Lipinski definition) is 1. The summed E-state index contributed by atoms with van der Waals surface area (Å²) in [6, 6.07) is 12.9. The van der Waals surface area contributed by atoms with Crippen molar-refractivity contribution in [3.8, 4) is 5.75 Å². The van der Waals surface area contributed by atoms with Gasteiger partial charge in [-0.15, -0.1) is 0 Å². The van der Waals surface area contributed by atoms with Gasteiger partial charge in [0.1, 0.15) is 11.3 Å². The van der Waals surface area contributed by atoms with Crippen LogP contribution in [0.5, 0.6) is 5.75 Å². The quantitative estimate of drug-likeness (QED) is 0.717. The van der Waals surface area contributed by atoms with E-state index in [4.69, 9.17) is 14.2 Å². The molecular formula is C20H21NO6. The number of amides is 1. The second-order valence-corrected chi connectivity index (χ2v) is 5.35. The second kappa shape index (κ2) is 9.96. The van der Waals surface area contributed by atoms with Crippen molar-refractivity contribution in [2.45, 2.75) is 13.8 Å². The maximum absolute atomic E-state index is 12.1. The molecule has 0 heterocycles. The van der Waals surface area contributed by atoms with Crippen molar-refractivity contribution in [2.24, 2.45) is 0 Å². The first-order valence-corrected chi connectivity index (χ1v) is 8.51. The molecule has 0 aliphatic rings. The minimum Gasteiger partial charge on any atom is -0.493 e. The van der Waals surface area contributed by atoms with Crippen LogP contribution < -0.4 is 10.1 Å². The van der Waals surface area contributed by atoms with Crippen LogP contribution in [0.25, 0.3) is 0 Å². The van der Waals surface area contributed by atoms with Crippen molar-refractivity contribution in [3.05, 3.63) is 59.7 Å². The van der Waals surface area contributed by atoms with Gasteiger partial charge in [0.2, 0.25) is 0 Å². The number of anilines is 1. The van der Waals surface area contributed by atoms with E-state index < -0.39 is 24.5 Å². The maximum Gasteiger partial charge on any atom is 0.342 e. The maximum atomic E-state index is 12.1. The van der Waals surface area contributed by atoms with Crippen LogP contribution in [0.1, 0.15) is 34.6 Å². The Morgan fingerprint density at radius 2 is 1.56 bits per heavy atom. The van der Waals surface area contributed by atoms with Crippen LogP contribution in [0.4, 0.5) is 5.69 Å². The Bertz CT molecular complexity index is 800. The molecule has 0 saturated carbocycles. The predicted octanol–water partition coefficient (Wildman–Crippen LogP) is 3.06. The standard InChI is InChI=1S/C20H21NO6/c1-3-25-17-8-6-5-7-16(17)20(24)27-13-18(22)21-15-11-9-14(10-12-15)19(23)26-4-2/h5-12H,3-4,13H2,1-2H3,(H,21,22). The molecule has 0 unspecified atom stereocenters. The molecule has 0 radical (unpaired) electrons. The largest absolute Gasteiger partial charge is 0.493 e. The van der Waals surface area contributed by atoms with Gasteiger partial charge >= 0.3 is 11.9 Å². The molecule has 0 aliphatic heterocycles. The molecule has 0 spiro atoms. The molecule has 2 aromatic carbocycles. The summed E-state index contributed by atoms with van der Waals surface area (Å²) in [5.41, 5.74) is 1.11. The van der Waals surface area contributed by atoms with E-state index in [1.54, 1.807) is 43.3 Å². The number of esters is 2. The summed E-state index contributed by atoms with van der Waals surface area (Å²) in [7, 11) is 0. The molecule has 7 heteroatoms. The number of rotatable bonds is 8.